The van der Waals surface area contributed by atoms with Crippen molar-refractivity contribution in [3.05, 3.63) is 0 Å². The number of hydrogen-bond acceptors (Lipinski definition) is 3. The summed E-state index contributed by atoms with van der Waals surface area (Å²) in [6.45, 7) is 12.8. The summed E-state index contributed by atoms with van der Waals surface area (Å²) in [5.41, 5.74) is 6.37. The smallest absolute Gasteiger partial charge is 0.0107 e. The molecule has 1 aliphatic heterocycles. The highest BCUT2D eigenvalue weighted by Crippen LogP contribution is 2.22. The molecule has 0 aliphatic carbocycles. The highest BCUT2D eigenvalue weighted by atomic mass is 15.1. The Morgan fingerprint density at radius 2 is 1.89 bits per heavy atom. The van der Waals surface area contributed by atoms with Crippen molar-refractivity contribution < 1.29 is 0 Å². The molecule has 1 rings (SSSR count). The van der Waals surface area contributed by atoms with Crippen LogP contribution in [0.15, 0.2) is 0 Å². The lowest BCUT2D eigenvalue weighted by Gasteiger charge is -2.31. The largest absolute Gasteiger partial charge is 0.328 e. The molecule has 0 aromatic heterocycles. The molecule has 0 saturated carbocycles. The van der Waals surface area contributed by atoms with E-state index in [1.54, 1.807) is 0 Å². The molecule has 0 unspecified atom stereocenters. The zero-order valence-corrected chi connectivity index (χ0v) is 13.4. The molecule has 1 fully saturated rings. The van der Waals surface area contributed by atoms with Crippen LogP contribution in [-0.2, 0) is 0 Å². The van der Waals surface area contributed by atoms with Crippen LogP contribution in [0.1, 0.15) is 59.3 Å². The first-order valence-corrected chi connectivity index (χ1v) is 8.22. The van der Waals surface area contributed by atoms with Gasteiger partial charge < -0.3 is 16.0 Å². The van der Waals surface area contributed by atoms with E-state index in [-0.39, 0.29) is 0 Å². The zero-order valence-electron chi connectivity index (χ0n) is 13.4. The third kappa shape index (κ3) is 7.91. The number of piperidine rings is 1. The molecule has 0 atom stereocenters. The van der Waals surface area contributed by atoms with Crippen molar-refractivity contribution in [2.75, 3.05) is 32.7 Å². The monoisotopic (exact) mass is 269 g/mol. The van der Waals surface area contributed by atoms with E-state index in [4.69, 9.17) is 5.73 Å². The molecule has 0 aromatic carbocycles. The van der Waals surface area contributed by atoms with Crippen molar-refractivity contribution in [2.45, 2.75) is 65.3 Å². The van der Waals surface area contributed by atoms with Crippen molar-refractivity contribution in [2.24, 2.45) is 11.1 Å². The van der Waals surface area contributed by atoms with E-state index in [2.05, 4.69) is 31.0 Å². The minimum absolute atomic E-state index is 0.444. The summed E-state index contributed by atoms with van der Waals surface area (Å²) in [6, 6.07) is 0.446. The Kier molecular flexibility index (Phi) is 7.96. The second-order valence-corrected chi connectivity index (χ2v) is 6.98. The molecule has 114 valence electrons. The number of hydrogen-bond donors (Lipinski definition) is 2. The fourth-order valence-corrected chi connectivity index (χ4v) is 2.78. The maximum atomic E-state index is 5.92. The normalized spacial score (nSPS) is 18.9. The third-order valence-corrected chi connectivity index (χ3v) is 4.30. The van der Waals surface area contributed by atoms with Crippen molar-refractivity contribution in [3.63, 3.8) is 0 Å². The Labute approximate surface area is 120 Å². The predicted octanol–water partition coefficient (Wildman–Crippen LogP) is 2.61. The van der Waals surface area contributed by atoms with Gasteiger partial charge in [-0.1, -0.05) is 40.0 Å². The molecule has 3 N–H and O–H groups in total. The van der Waals surface area contributed by atoms with Crippen molar-refractivity contribution in [3.8, 4) is 0 Å². The predicted molar refractivity (Wildman–Crippen MR) is 84.4 cm³/mol. The minimum Gasteiger partial charge on any atom is -0.328 e. The van der Waals surface area contributed by atoms with Crippen molar-refractivity contribution in [1.82, 2.24) is 10.2 Å². The fraction of sp³-hybridized carbons (Fsp3) is 1.00. The number of likely N-dealkylation sites (tertiary alicyclic amines) is 1. The summed E-state index contributed by atoms with van der Waals surface area (Å²) in [6.07, 6.45) is 7.74. The van der Waals surface area contributed by atoms with Crippen LogP contribution in [0.25, 0.3) is 0 Å². The van der Waals surface area contributed by atoms with E-state index >= 15 is 0 Å². The third-order valence-electron chi connectivity index (χ3n) is 4.30. The molecule has 0 spiro atoms. The van der Waals surface area contributed by atoms with Crippen molar-refractivity contribution >= 4 is 0 Å². The number of nitrogens with one attached hydrogen (secondary N) is 1. The van der Waals surface area contributed by atoms with E-state index in [0.717, 1.165) is 13.1 Å². The lowest BCUT2D eigenvalue weighted by Crippen LogP contribution is -2.43. The maximum absolute atomic E-state index is 5.92. The van der Waals surface area contributed by atoms with Gasteiger partial charge in [-0.15, -0.1) is 0 Å². The van der Waals surface area contributed by atoms with Gasteiger partial charge in [-0.25, -0.2) is 0 Å². The first-order chi connectivity index (χ1) is 9.03. The van der Waals surface area contributed by atoms with E-state index < -0.39 is 0 Å². The standard InChI is InChI=1S/C16H35N3/c1-4-5-6-9-16(2,3)14-18-10-13-19-11-7-15(17)8-12-19/h15,18H,4-14,17H2,1-3H3. The van der Waals surface area contributed by atoms with Gasteiger partial charge in [0.2, 0.25) is 0 Å². The van der Waals surface area contributed by atoms with Gasteiger partial charge in [0.25, 0.3) is 0 Å². The van der Waals surface area contributed by atoms with Crippen LogP contribution in [0.2, 0.25) is 0 Å². The Hall–Kier alpha value is -0.120. The van der Waals surface area contributed by atoms with Gasteiger partial charge >= 0.3 is 0 Å². The van der Waals surface area contributed by atoms with Gasteiger partial charge in [0.1, 0.15) is 0 Å². The van der Waals surface area contributed by atoms with E-state index in [1.807, 2.05) is 0 Å². The summed E-state index contributed by atoms with van der Waals surface area (Å²) >= 11 is 0. The van der Waals surface area contributed by atoms with Gasteiger partial charge in [0, 0.05) is 25.7 Å². The molecule has 0 amide bonds. The molecule has 0 aromatic rings. The maximum Gasteiger partial charge on any atom is 0.0107 e. The Bertz CT molecular complexity index is 220. The highest BCUT2D eigenvalue weighted by Gasteiger charge is 2.18. The van der Waals surface area contributed by atoms with Crippen LogP contribution < -0.4 is 11.1 Å². The quantitative estimate of drug-likeness (QED) is 0.632. The molecule has 1 aliphatic rings. The first kappa shape index (κ1) is 16.9. The number of nitrogens with two attached hydrogens (primary N) is 1. The van der Waals surface area contributed by atoms with Crippen molar-refractivity contribution in [1.29, 1.82) is 0 Å². The van der Waals surface area contributed by atoms with Crippen LogP contribution in [0.3, 0.4) is 0 Å². The van der Waals surface area contributed by atoms with Crippen LogP contribution >= 0.6 is 0 Å². The molecule has 19 heavy (non-hydrogen) atoms. The molecular formula is C16H35N3. The Morgan fingerprint density at radius 3 is 2.53 bits per heavy atom. The Morgan fingerprint density at radius 1 is 1.21 bits per heavy atom. The minimum atomic E-state index is 0.444. The van der Waals surface area contributed by atoms with E-state index in [1.165, 1.54) is 58.2 Å². The van der Waals surface area contributed by atoms with Gasteiger partial charge in [0.15, 0.2) is 0 Å². The SMILES string of the molecule is CCCCCC(C)(C)CNCCN1CCC(N)CC1. The molecule has 3 nitrogen and oxygen atoms in total. The van der Waals surface area contributed by atoms with E-state index in [9.17, 15) is 0 Å². The fourth-order valence-electron chi connectivity index (χ4n) is 2.78. The topological polar surface area (TPSA) is 41.3 Å². The number of nitrogens with zero attached hydrogens (tertiary/aromatic N) is 1. The van der Waals surface area contributed by atoms with Gasteiger partial charge in [0.05, 0.1) is 0 Å². The second kappa shape index (κ2) is 8.93. The molecule has 3 heteroatoms. The number of unbranched alkanes of at least 4 members (excludes halogenated alkanes) is 2. The molecule has 0 radical (unpaired) electrons. The molecule has 1 heterocycles. The Balaban J connectivity index is 2.03. The van der Waals surface area contributed by atoms with Gasteiger partial charge in [-0.2, -0.15) is 0 Å². The molecule has 0 bridgehead atoms. The average Bonchev–Trinajstić information content (AvgIpc) is 2.37. The van der Waals surface area contributed by atoms with Crippen LogP contribution in [0.4, 0.5) is 0 Å². The molecular weight excluding hydrogens is 234 g/mol. The summed E-state index contributed by atoms with van der Waals surface area (Å²) in [7, 11) is 0. The summed E-state index contributed by atoms with van der Waals surface area (Å²) < 4.78 is 0. The second-order valence-electron chi connectivity index (χ2n) is 6.98. The lowest BCUT2D eigenvalue weighted by atomic mass is 9.87. The first-order valence-electron chi connectivity index (χ1n) is 8.22. The summed E-state index contributed by atoms with van der Waals surface area (Å²) in [5, 5.41) is 3.64. The zero-order chi connectivity index (χ0) is 14.1. The molecule has 1 saturated heterocycles. The summed E-state index contributed by atoms with van der Waals surface area (Å²) in [5.74, 6) is 0. The lowest BCUT2D eigenvalue weighted by molar-refractivity contribution is 0.208. The van der Waals surface area contributed by atoms with E-state index in [0.29, 0.717) is 11.5 Å². The average molecular weight is 269 g/mol. The van der Waals surface area contributed by atoms with Crippen LogP contribution in [-0.4, -0.2) is 43.7 Å². The van der Waals surface area contributed by atoms with Crippen LogP contribution in [0.5, 0.6) is 0 Å². The van der Waals surface area contributed by atoms with Gasteiger partial charge in [-0.05, 0) is 37.8 Å². The van der Waals surface area contributed by atoms with Crippen LogP contribution in [0, 0.1) is 5.41 Å². The van der Waals surface area contributed by atoms with Gasteiger partial charge in [-0.3, -0.25) is 0 Å². The highest BCUT2D eigenvalue weighted by molar-refractivity contribution is 4.76. The summed E-state index contributed by atoms with van der Waals surface area (Å²) in [4.78, 5) is 2.54. The number of rotatable bonds is 9.